The molecule has 7 nitrogen and oxygen atoms in total. The molecular formula is C29H33N5O2. The standard InChI is InChI=1S/C29H33N5O2/c1-22-10-12-24(13-11-22)26-14-15-27(31-30-26)32-16-18-33(19-17-32)28(35)21-34(29(36)25-8-5-9-25)20-23-6-3-2-4-7-23/h2-4,6-7,10-15,25H,5,8-9,16-21H2,1H3. The number of amides is 2. The zero-order valence-electron chi connectivity index (χ0n) is 20.8. The van der Waals surface area contributed by atoms with Crippen LogP contribution < -0.4 is 4.90 Å². The Morgan fingerprint density at radius 1 is 0.889 bits per heavy atom. The Labute approximate surface area is 212 Å². The van der Waals surface area contributed by atoms with Gasteiger partial charge in [0.15, 0.2) is 5.82 Å². The quantitative estimate of drug-likeness (QED) is 0.509. The number of hydrogen-bond acceptors (Lipinski definition) is 5. The van der Waals surface area contributed by atoms with E-state index in [1.54, 1.807) is 4.90 Å². The van der Waals surface area contributed by atoms with Crippen LogP contribution in [0.3, 0.4) is 0 Å². The predicted molar refractivity (Wildman–Crippen MR) is 140 cm³/mol. The van der Waals surface area contributed by atoms with E-state index in [1.807, 2.05) is 47.4 Å². The number of anilines is 1. The smallest absolute Gasteiger partial charge is 0.242 e. The molecule has 1 aliphatic carbocycles. The highest BCUT2D eigenvalue weighted by Gasteiger charge is 2.32. The summed E-state index contributed by atoms with van der Waals surface area (Å²) >= 11 is 0. The molecule has 2 aliphatic rings. The number of piperazine rings is 1. The molecule has 0 bridgehead atoms. The highest BCUT2D eigenvalue weighted by molar-refractivity contribution is 5.86. The second-order valence-electron chi connectivity index (χ2n) is 9.82. The molecule has 36 heavy (non-hydrogen) atoms. The van der Waals surface area contributed by atoms with Gasteiger partial charge in [0, 0.05) is 44.2 Å². The van der Waals surface area contributed by atoms with Crippen LogP contribution in [0.15, 0.2) is 66.7 Å². The molecule has 3 aromatic rings. The average molecular weight is 484 g/mol. The summed E-state index contributed by atoms with van der Waals surface area (Å²) in [5.74, 6) is 1.02. The van der Waals surface area contributed by atoms with E-state index in [0.717, 1.165) is 41.9 Å². The van der Waals surface area contributed by atoms with Crippen molar-refractivity contribution < 1.29 is 9.59 Å². The summed E-state index contributed by atoms with van der Waals surface area (Å²) in [7, 11) is 0. The maximum absolute atomic E-state index is 13.2. The first-order chi connectivity index (χ1) is 17.6. The van der Waals surface area contributed by atoms with Crippen LogP contribution in [-0.2, 0) is 16.1 Å². The van der Waals surface area contributed by atoms with E-state index in [9.17, 15) is 9.59 Å². The molecule has 1 aliphatic heterocycles. The minimum Gasteiger partial charge on any atom is -0.352 e. The molecule has 2 heterocycles. The second-order valence-corrected chi connectivity index (χ2v) is 9.82. The molecule has 1 aromatic heterocycles. The molecule has 2 amide bonds. The van der Waals surface area contributed by atoms with Crippen LogP contribution >= 0.6 is 0 Å². The minimum absolute atomic E-state index is 0.0130. The molecule has 0 atom stereocenters. The minimum atomic E-state index is 0.0130. The van der Waals surface area contributed by atoms with Crippen LogP contribution in [0.25, 0.3) is 11.3 Å². The normalized spacial score (nSPS) is 15.9. The number of hydrogen-bond donors (Lipinski definition) is 0. The zero-order chi connectivity index (χ0) is 24.9. The van der Waals surface area contributed by atoms with Gasteiger partial charge in [-0.05, 0) is 37.5 Å². The third-order valence-corrected chi connectivity index (χ3v) is 7.26. The Kier molecular flexibility index (Phi) is 7.26. The van der Waals surface area contributed by atoms with Gasteiger partial charge in [-0.2, -0.15) is 0 Å². The Hall–Kier alpha value is -3.74. The fraction of sp³-hybridized carbons (Fsp3) is 0.379. The topological polar surface area (TPSA) is 69.6 Å². The van der Waals surface area contributed by atoms with Crippen LogP contribution in [0.1, 0.15) is 30.4 Å². The summed E-state index contributed by atoms with van der Waals surface area (Å²) in [4.78, 5) is 32.0. The highest BCUT2D eigenvalue weighted by Crippen LogP contribution is 2.29. The molecular weight excluding hydrogens is 450 g/mol. The predicted octanol–water partition coefficient (Wildman–Crippen LogP) is 3.93. The molecule has 0 N–H and O–H groups in total. The van der Waals surface area contributed by atoms with E-state index in [-0.39, 0.29) is 24.3 Å². The summed E-state index contributed by atoms with van der Waals surface area (Å²) in [6, 6.07) is 22.2. The lowest BCUT2D eigenvalue weighted by atomic mass is 9.84. The Morgan fingerprint density at radius 3 is 2.22 bits per heavy atom. The van der Waals surface area contributed by atoms with Crippen molar-refractivity contribution in [3.8, 4) is 11.3 Å². The van der Waals surface area contributed by atoms with E-state index in [0.29, 0.717) is 32.7 Å². The molecule has 186 valence electrons. The van der Waals surface area contributed by atoms with Crippen molar-refractivity contribution in [2.75, 3.05) is 37.6 Å². The summed E-state index contributed by atoms with van der Waals surface area (Å²) in [6.07, 6.45) is 2.96. The first kappa shape index (κ1) is 24.0. The van der Waals surface area contributed by atoms with Crippen LogP contribution in [0.2, 0.25) is 0 Å². The number of carbonyl (C=O) groups excluding carboxylic acids is 2. The fourth-order valence-corrected chi connectivity index (χ4v) is 4.75. The number of nitrogens with zero attached hydrogens (tertiary/aromatic N) is 5. The van der Waals surface area contributed by atoms with Crippen molar-refractivity contribution in [3.63, 3.8) is 0 Å². The summed E-state index contributed by atoms with van der Waals surface area (Å²) in [5.41, 5.74) is 4.16. The van der Waals surface area contributed by atoms with Gasteiger partial charge in [0.2, 0.25) is 11.8 Å². The monoisotopic (exact) mass is 483 g/mol. The molecule has 0 radical (unpaired) electrons. The fourth-order valence-electron chi connectivity index (χ4n) is 4.75. The van der Waals surface area contributed by atoms with E-state index in [1.165, 1.54) is 5.56 Å². The van der Waals surface area contributed by atoms with E-state index < -0.39 is 0 Å². The lowest BCUT2D eigenvalue weighted by Crippen LogP contribution is -2.52. The van der Waals surface area contributed by atoms with Crippen LogP contribution in [0.4, 0.5) is 5.82 Å². The SMILES string of the molecule is Cc1ccc(-c2ccc(N3CCN(C(=O)CN(Cc4ccccc4)C(=O)C4CCC4)CC3)nn2)cc1. The highest BCUT2D eigenvalue weighted by atomic mass is 16.2. The summed E-state index contributed by atoms with van der Waals surface area (Å²) < 4.78 is 0. The van der Waals surface area contributed by atoms with Gasteiger partial charge in [0.05, 0.1) is 5.69 Å². The first-order valence-corrected chi connectivity index (χ1v) is 12.8. The zero-order valence-corrected chi connectivity index (χ0v) is 20.8. The first-order valence-electron chi connectivity index (χ1n) is 12.8. The van der Waals surface area contributed by atoms with Crippen LogP contribution in [-0.4, -0.2) is 64.5 Å². The van der Waals surface area contributed by atoms with Gasteiger partial charge >= 0.3 is 0 Å². The summed E-state index contributed by atoms with van der Waals surface area (Å²) in [6.45, 7) is 5.28. The maximum atomic E-state index is 13.2. The van der Waals surface area contributed by atoms with Gasteiger partial charge in [-0.1, -0.05) is 66.6 Å². The molecule has 2 aromatic carbocycles. The lowest BCUT2D eigenvalue weighted by molar-refractivity contribution is -0.145. The number of benzene rings is 2. The molecule has 0 spiro atoms. The Balaban J connectivity index is 1.17. The van der Waals surface area contributed by atoms with Crippen molar-refractivity contribution in [3.05, 3.63) is 77.9 Å². The third-order valence-electron chi connectivity index (χ3n) is 7.26. The van der Waals surface area contributed by atoms with E-state index >= 15 is 0 Å². The van der Waals surface area contributed by atoms with Crippen molar-refractivity contribution in [1.29, 1.82) is 0 Å². The van der Waals surface area contributed by atoms with Crippen molar-refractivity contribution in [2.45, 2.75) is 32.7 Å². The van der Waals surface area contributed by atoms with Gasteiger partial charge in [-0.15, -0.1) is 10.2 Å². The van der Waals surface area contributed by atoms with Gasteiger partial charge in [-0.3, -0.25) is 9.59 Å². The molecule has 1 saturated carbocycles. The molecule has 5 rings (SSSR count). The number of aryl methyl sites for hydroxylation is 1. The van der Waals surface area contributed by atoms with Crippen LogP contribution in [0, 0.1) is 12.8 Å². The molecule has 7 heteroatoms. The van der Waals surface area contributed by atoms with Gasteiger partial charge < -0.3 is 14.7 Å². The number of aromatic nitrogens is 2. The maximum Gasteiger partial charge on any atom is 0.242 e. The number of carbonyl (C=O) groups is 2. The van der Waals surface area contributed by atoms with Gasteiger partial charge in [0.25, 0.3) is 0 Å². The molecule has 0 unspecified atom stereocenters. The van der Waals surface area contributed by atoms with E-state index in [4.69, 9.17) is 0 Å². The average Bonchev–Trinajstić information content (AvgIpc) is 2.88. The molecule has 1 saturated heterocycles. The Morgan fingerprint density at radius 2 is 1.61 bits per heavy atom. The van der Waals surface area contributed by atoms with Gasteiger partial charge in [0.1, 0.15) is 6.54 Å². The lowest BCUT2D eigenvalue weighted by Gasteiger charge is -2.37. The third kappa shape index (κ3) is 5.56. The van der Waals surface area contributed by atoms with Crippen molar-refractivity contribution in [2.24, 2.45) is 5.92 Å². The van der Waals surface area contributed by atoms with Crippen molar-refractivity contribution in [1.82, 2.24) is 20.0 Å². The second kappa shape index (κ2) is 10.9. The van der Waals surface area contributed by atoms with Crippen LogP contribution in [0.5, 0.6) is 0 Å². The summed E-state index contributed by atoms with van der Waals surface area (Å²) in [5, 5.41) is 8.86. The largest absolute Gasteiger partial charge is 0.352 e. The van der Waals surface area contributed by atoms with Crippen molar-refractivity contribution >= 4 is 17.6 Å². The van der Waals surface area contributed by atoms with Gasteiger partial charge in [-0.25, -0.2) is 0 Å². The number of rotatable bonds is 7. The Bertz CT molecular complexity index is 1170. The van der Waals surface area contributed by atoms with E-state index in [2.05, 4.69) is 46.3 Å². The molecule has 2 fully saturated rings.